The molecule has 2 aromatic rings. The van der Waals surface area contributed by atoms with Gasteiger partial charge in [-0.25, -0.2) is 0 Å². The fraction of sp³-hybridized carbons (Fsp3) is 0.756. The summed E-state index contributed by atoms with van der Waals surface area (Å²) in [7, 11) is 0. The predicted molar refractivity (Wildman–Crippen MR) is 207 cm³/mol. The lowest BCUT2D eigenvalue weighted by molar-refractivity contribution is -0.207. The molecular formula is C45H66N4O4. The number of piperazine rings is 1. The van der Waals surface area contributed by atoms with Crippen molar-refractivity contribution in [2.75, 3.05) is 39.3 Å². The van der Waals surface area contributed by atoms with Crippen LogP contribution < -0.4 is 0 Å². The normalized spacial score (nSPS) is 41.3. The van der Waals surface area contributed by atoms with E-state index in [0.717, 1.165) is 83.2 Å². The molecule has 0 radical (unpaired) electrons. The van der Waals surface area contributed by atoms with E-state index in [1.54, 1.807) is 5.57 Å². The van der Waals surface area contributed by atoms with Crippen LogP contribution in [-0.4, -0.2) is 76.5 Å². The number of aromatic nitrogens is 2. The minimum absolute atomic E-state index is 0.0477. The Morgan fingerprint density at radius 1 is 0.887 bits per heavy atom. The van der Waals surface area contributed by atoms with Crippen molar-refractivity contribution in [2.45, 2.75) is 119 Å². The summed E-state index contributed by atoms with van der Waals surface area (Å²) >= 11 is 0. The summed E-state index contributed by atoms with van der Waals surface area (Å²) in [6.07, 6.45) is 12.1. The molecule has 1 aromatic carbocycles. The molecular weight excluding hydrogens is 661 g/mol. The molecule has 6 aliphatic rings. The van der Waals surface area contributed by atoms with Gasteiger partial charge >= 0.3 is 5.97 Å². The molecule has 0 bridgehead atoms. The molecule has 10 atom stereocenters. The zero-order valence-corrected chi connectivity index (χ0v) is 33.7. The highest BCUT2D eigenvalue weighted by molar-refractivity contribution is 5.79. The molecule has 8 nitrogen and oxygen atoms in total. The van der Waals surface area contributed by atoms with E-state index in [9.17, 15) is 9.90 Å². The number of esters is 1. The number of aliphatic hydroxyl groups is 1. The standard InChI is InChI=1S/C45H66N4O4/c1-30-15-20-45(40(51)52-28-27-48-23-25-49(26-24-48)29-37-46-47-39(53-37)32-11-9-8-10-12-32)22-21-43(6)33(38(45)31(30)2)13-14-35-42(5)18-17-36(50)41(3,4)34(42)16-19-44(35,43)7/h8-13,30-31,34-36,38,50H,14-29H2,1-7H3/t30-,31+,34+,35-,36+,38+,42+,43-,44-,45+/m1/s1. The number of carbonyl (C=O) groups excluding carboxylic acids is 1. The van der Waals surface area contributed by atoms with Gasteiger partial charge in [-0.2, -0.15) is 0 Å². The van der Waals surface area contributed by atoms with Crippen LogP contribution in [0.1, 0.15) is 112 Å². The van der Waals surface area contributed by atoms with Crippen LogP contribution in [0.3, 0.4) is 0 Å². The van der Waals surface area contributed by atoms with Crippen LogP contribution >= 0.6 is 0 Å². The molecule has 1 aliphatic heterocycles. The number of carbonyl (C=O) groups is 1. The van der Waals surface area contributed by atoms with Gasteiger partial charge in [0.15, 0.2) is 0 Å². The number of benzene rings is 1. The molecule has 0 unspecified atom stereocenters. The van der Waals surface area contributed by atoms with Crippen molar-refractivity contribution in [3.05, 3.63) is 47.9 Å². The predicted octanol–water partition coefficient (Wildman–Crippen LogP) is 8.42. The van der Waals surface area contributed by atoms with Crippen LogP contribution in [0, 0.1) is 56.7 Å². The molecule has 0 amide bonds. The molecule has 290 valence electrons. The summed E-state index contributed by atoms with van der Waals surface area (Å²) < 4.78 is 12.3. The second-order valence-corrected chi connectivity index (χ2v) is 19.8. The van der Waals surface area contributed by atoms with Crippen LogP contribution in [-0.2, 0) is 16.1 Å². The minimum Gasteiger partial charge on any atom is -0.464 e. The minimum atomic E-state index is -0.417. The van der Waals surface area contributed by atoms with Crippen molar-refractivity contribution in [3.63, 3.8) is 0 Å². The summed E-state index contributed by atoms with van der Waals surface area (Å²) in [6, 6.07) is 9.92. The lowest BCUT2D eigenvalue weighted by Crippen LogP contribution is -2.65. The van der Waals surface area contributed by atoms with E-state index in [1.807, 2.05) is 30.3 Å². The van der Waals surface area contributed by atoms with Gasteiger partial charge in [0.2, 0.25) is 11.8 Å². The van der Waals surface area contributed by atoms with E-state index < -0.39 is 5.41 Å². The number of aliphatic hydroxyl groups excluding tert-OH is 1. The third kappa shape index (κ3) is 5.89. The second-order valence-electron chi connectivity index (χ2n) is 19.8. The first-order chi connectivity index (χ1) is 25.2. The first-order valence-electron chi connectivity index (χ1n) is 21.1. The van der Waals surface area contributed by atoms with E-state index in [4.69, 9.17) is 9.15 Å². The third-order valence-electron chi connectivity index (χ3n) is 17.3. The quantitative estimate of drug-likeness (QED) is 0.225. The fourth-order valence-corrected chi connectivity index (χ4v) is 13.6. The summed E-state index contributed by atoms with van der Waals surface area (Å²) in [4.78, 5) is 19.4. The van der Waals surface area contributed by atoms with Crippen molar-refractivity contribution in [2.24, 2.45) is 56.7 Å². The van der Waals surface area contributed by atoms with Crippen molar-refractivity contribution in [3.8, 4) is 11.5 Å². The molecule has 1 saturated heterocycles. The Balaban J connectivity index is 0.925. The van der Waals surface area contributed by atoms with Crippen molar-refractivity contribution < 1.29 is 19.1 Å². The second kappa shape index (κ2) is 13.6. The highest BCUT2D eigenvalue weighted by Crippen LogP contribution is 2.75. The maximum Gasteiger partial charge on any atom is 0.312 e. The van der Waals surface area contributed by atoms with E-state index >= 15 is 0 Å². The number of ether oxygens (including phenoxy) is 1. The van der Waals surface area contributed by atoms with Gasteiger partial charge in [-0.15, -0.1) is 10.2 Å². The van der Waals surface area contributed by atoms with Crippen molar-refractivity contribution in [1.29, 1.82) is 0 Å². The van der Waals surface area contributed by atoms with E-state index in [2.05, 4.69) is 74.5 Å². The number of fused-ring (bicyclic) bond motifs is 7. The van der Waals surface area contributed by atoms with Crippen molar-refractivity contribution >= 4 is 5.97 Å². The highest BCUT2D eigenvalue weighted by atomic mass is 16.5. The van der Waals surface area contributed by atoms with Crippen LogP contribution in [0.25, 0.3) is 11.5 Å². The van der Waals surface area contributed by atoms with Crippen LogP contribution in [0.5, 0.6) is 0 Å². The molecule has 8 heteroatoms. The number of rotatable bonds is 7. The largest absolute Gasteiger partial charge is 0.464 e. The Labute approximate surface area is 318 Å². The molecule has 5 fully saturated rings. The lowest BCUT2D eigenvalue weighted by Gasteiger charge is -2.71. The first-order valence-corrected chi connectivity index (χ1v) is 21.1. The van der Waals surface area contributed by atoms with Crippen molar-refractivity contribution in [1.82, 2.24) is 20.0 Å². The van der Waals surface area contributed by atoms with Gasteiger partial charge < -0.3 is 14.3 Å². The Kier molecular flexibility index (Phi) is 9.58. The van der Waals surface area contributed by atoms with Gasteiger partial charge in [-0.3, -0.25) is 14.6 Å². The Bertz CT molecular complexity index is 1680. The maximum atomic E-state index is 14.6. The average Bonchev–Trinajstić information content (AvgIpc) is 3.61. The van der Waals surface area contributed by atoms with Gasteiger partial charge in [-0.05, 0) is 121 Å². The average molecular weight is 727 g/mol. The fourth-order valence-electron chi connectivity index (χ4n) is 13.6. The van der Waals surface area contributed by atoms with E-state index in [0.29, 0.717) is 48.6 Å². The SMILES string of the molecule is C[C@H]1[C@H](C)CC[C@]2(C(=O)OCCN3CCN(Cc4nnc(-c5ccccc5)o4)CC3)CC[C@]3(C)C(=CC[C@@H]4[C@@]5(C)CC[C@H](O)C(C)(C)[C@@H]5CC[C@]43C)[C@H]12. The number of nitrogens with zero attached hydrogens (tertiary/aromatic N) is 4. The molecule has 1 aromatic heterocycles. The van der Waals surface area contributed by atoms with Gasteiger partial charge in [0.25, 0.3) is 0 Å². The summed E-state index contributed by atoms with van der Waals surface area (Å²) in [6.45, 7) is 22.9. The number of allylic oxidation sites excluding steroid dienone is 2. The molecule has 1 N–H and O–H groups in total. The van der Waals surface area contributed by atoms with Gasteiger partial charge in [-0.1, -0.05) is 78.3 Å². The monoisotopic (exact) mass is 727 g/mol. The highest BCUT2D eigenvalue weighted by Gasteiger charge is 2.69. The van der Waals surface area contributed by atoms with E-state index in [-0.39, 0.29) is 39.7 Å². The van der Waals surface area contributed by atoms with Crippen LogP contribution in [0.4, 0.5) is 0 Å². The van der Waals surface area contributed by atoms with Gasteiger partial charge in [0.05, 0.1) is 18.1 Å². The zero-order chi connectivity index (χ0) is 37.4. The van der Waals surface area contributed by atoms with Crippen LogP contribution in [0.2, 0.25) is 0 Å². The Hall–Kier alpha value is -2.55. The van der Waals surface area contributed by atoms with Gasteiger partial charge in [0.1, 0.15) is 6.61 Å². The summed E-state index contributed by atoms with van der Waals surface area (Å²) in [5.41, 5.74) is 2.57. The van der Waals surface area contributed by atoms with Crippen LogP contribution in [0.15, 0.2) is 46.4 Å². The Morgan fingerprint density at radius 2 is 1.62 bits per heavy atom. The summed E-state index contributed by atoms with van der Waals surface area (Å²) in [5, 5.41) is 19.7. The molecule has 4 saturated carbocycles. The number of hydrogen-bond donors (Lipinski definition) is 1. The zero-order valence-electron chi connectivity index (χ0n) is 33.7. The molecule has 0 spiro atoms. The summed E-state index contributed by atoms with van der Waals surface area (Å²) in [5.74, 6) is 3.73. The molecule has 53 heavy (non-hydrogen) atoms. The topological polar surface area (TPSA) is 91.9 Å². The molecule has 8 rings (SSSR count). The maximum absolute atomic E-state index is 14.6. The Morgan fingerprint density at radius 3 is 2.38 bits per heavy atom. The molecule has 2 heterocycles. The molecule has 5 aliphatic carbocycles. The third-order valence-corrected chi connectivity index (χ3v) is 17.3. The number of hydrogen-bond acceptors (Lipinski definition) is 8. The van der Waals surface area contributed by atoms with Gasteiger partial charge in [0, 0.05) is 38.3 Å². The smallest absolute Gasteiger partial charge is 0.312 e. The first kappa shape index (κ1) is 37.4. The lowest BCUT2D eigenvalue weighted by atomic mass is 9.33. The van der Waals surface area contributed by atoms with E-state index in [1.165, 1.54) is 12.8 Å².